The predicted octanol–water partition coefficient (Wildman–Crippen LogP) is -1.61. The minimum absolute atomic E-state index is 0.224. The Labute approximate surface area is 66.9 Å². The van der Waals surface area contributed by atoms with Crippen molar-refractivity contribution in [3.05, 3.63) is 0 Å². The fourth-order valence-electron chi connectivity index (χ4n) is 1.55. The van der Waals surface area contributed by atoms with Crippen LogP contribution in [0.15, 0.2) is 0 Å². The number of piperidine rings is 1. The summed E-state index contributed by atoms with van der Waals surface area (Å²) in [5.74, 6) is 0. The van der Waals surface area contributed by atoms with Crippen molar-refractivity contribution in [2.45, 2.75) is 31.0 Å². The van der Waals surface area contributed by atoms with E-state index in [0.717, 1.165) is 12.8 Å². The molecule has 0 aromatic carbocycles. The Kier molecular flexibility index (Phi) is 3.26. The van der Waals surface area contributed by atoms with Gasteiger partial charge in [-0.2, -0.15) is 0 Å². The van der Waals surface area contributed by atoms with Crippen molar-refractivity contribution in [1.29, 1.82) is 0 Å². The lowest BCUT2D eigenvalue weighted by molar-refractivity contribution is 0.0970. The lowest BCUT2D eigenvalue weighted by atomic mass is 9.96. The van der Waals surface area contributed by atoms with E-state index in [-0.39, 0.29) is 18.2 Å². The number of hydrogen-bond donors (Lipinski definition) is 4. The van der Waals surface area contributed by atoms with Crippen LogP contribution in [0.4, 0.5) is 0 Å². The first-order valence-corrected chi connectivity index (χ1v) is 4.10. The van der Waals surface area contributed by atoms with Gasteiger partial charge in [-0.05, 0) is 12.8 Å². The molecule has 1 rings (SSSR count). The van der Waals surface area contributed by atoms with E-state index in [1.807, 2.05) is 0 Å². The SMILES string of the molecule is NCC1CC(O)CC(CN)N1. The predicted molar refractivity (Wildman–Crippen MR) is 44.1 cm³/mol. The number of rotatable bonds is 2. The van der Waals surface area contributed by atoms with Gasteiger partial charge in [-0.25, -0.2) is 0 Å². The summed E-state index contributed by atoms with van der Waals surface area (Å²) in [5.41, 5.74) is 10.9. The van der Waals surface area contributed by atoms with Gasteiger partial charge in [0.25, 0.3) is 0 Å². The summed E-state index contributed by atoms with van der Waals surface area (Å²) in [5, 5.41) is 12.6. The summed E-state index contributed by atoms with van der Waals surface area (Å²) in [7, 11) is 0. The fraction of sp³-hybridized carbons (Fsp3) is 1.00. The standard InChI is InChI=1S/C7H17N3O/c8-3-5-1-7(11)2-6(4-9)10-5/h5-7,10-11H,1-4,8-9H2. The summed E-state index contributed by atoms with van der Waals surface area (Å²) in [6, 6.07) is 0.486. The molecule has 2 unspecified atom stereocenters. The average Bonchev–Trinajstić information content (AvgIpc) is 2.03. The third-order valence-electron chi connectivity index (χ3n) is 2.15. The molecule has 1 aliphatic rings. The minimum Gasteiger partial charge on any atom is -0.393 e. The molecule has 1 saturated heterocycles. The van der Waals surface area contributed by atoms with Crippen molar-refractivity contribution in [1.82, 2.24) is 5.32 Å². The quantitative estimate of drug-likeness (QED) is 0.390. The summed E-state index contributed by atoms with van der Waals surface area (Å²) in [6.45, 7) is 1.15. The van der Waals surface area contributed by atoms with E-state index in [4.69, 9.17) is 11.5 Å². The topological polar surface area (TPSA) is 84.3 Å². The third kappa shape index (κ3) is 2.41. The summed E-state index contributed by atoms with van der Waals surface area (Å²) in [4.78, 5) is 0. The smallest absolute Gasteiger partial charge is 0.0570 e. The van der Waals surface area contributed by atoms with Gasteiger partial charge in [0.15, 0.2) is 0 Å². The van der Waals surface area contributed by atoms with E-state index in [2.05, 4.69) is 5.32 Å². The van der Waals surface area contributed by atoms with Crippen molar-refractivity contribution in [3.63, 3.8) is 0 Å². The molecule has 0 aliphatic carbocycles. The second-order valence-corrected chi connectivity index (χ2v) is 3.16. The lowest BCUT2D eigenvalue weighted by Crippen LogP contribution is -2.53. The first-order chi connectivity index (χ1) is 5.26. The molecule has 11 heavy (non-hydrogen) atoms. The van der Waals surface area contributed by atoms with E-state index < -0.39 is 0 Å². The Morgan fingerprint density at radius 3 is 2.00 bits per heavy atom. The number of aliphatic hydroxyl groups is 1. The van der Waals surface area contributed by atoms with Gasteiger partial charge >= 0.3 is 0 Å². The van der Waals surface area contributed by atoms with Gasteiger partial charge in [0, 0.05) is 25.2 Å². The van der Waals surface area contributed by atoms with Crippen LogP contribution >= 0.6 is 0 Å². The molecule has 0 bridgehead atoms. The zero-order chi connectivity index (χ0) is 8.27. The zero-order valence-electron chi connectivity index (χ0n) is 6.66. The van der Waals surface area contributed by atoms with Gasteiger partial charge in [0.2, 0.25) is 0 Å². The average molecular weight is 159 g/mol. The molecule has 1 heterocycles. The summed E-state index contributed by atoms with van der Waals surface area (Å²) in [6.07, 6.45) is 1.29. The third-order valence-corrected chi connectivity index (χ3v) is 2.15. The van der Waals surface area contributed by atoms with Crippen LogP contribution < -0.4 is 16.8 Å². The Morgan fingerprint density at radius 1 is 1.18 bits per heavy atom. The van der Waals surface area contributed by atoms with Crippen LogP contribution in [-0.4, -0.2) is 36.4 Å². The van der Waals surface area contributed by atoms with E-state index in [1.165, 1.54) is 0 Å². The molecule has 0 radical (unpaired) electrons. The van der Waals surface area contributed by atoms with Gasteiger partial charge in [-0.3, -0.25) is 0 Å². The van der Waals surface area contributed by atoms with Gasteiger partial charge in [0.1, 0.15) is 0 Å². The lowest BCUT2D eigenvalue weighted by Gasteiger charge is -2.32. The Balaban J connectivity index is 2.37. The molecule has 0 saturated carbocycles. The summed E-state index contributed by atoms with van der Waals surface area (Å²) >= 11 is 0. The van der Waals surface area contributed by atoms with Crippen molar-refractivity contribution in [2.75, 3.05) is 13.1 Å². The molecule has 4 nitrogen and oxygen atoms in total. The number of nitrogens with one attached hydrogen (secondary N) is 1. The molecular weight excluding hydrogens is 142 g/mol. The number of nitrogens with two attached hydrogens (primary N) is 2. The van der Waals surface area contributed by atoms with E-state index >= 15 is 0 Å². The maximum atomic E-state index is 9.36. The van der Waals surface area contributed by atoms with Crippen LogP contribution in [0.5, 0.6) is 0 Å². The Bertz CT molecular complexity index is 108. The van der Waals surface area contributed by atoms with Crippen molar-refractivity contribution >= 4 is 0 Å². The molecule has 4 heteroatoms. The number of aliphatic hydroxyl groups excluding tert-OH is 1. The molecule has 66 valence electrons. The molecule has 0 aromatic rings. The first kappa shape index (κ1) is 8.93. The van der Waals surface area contributed by atoms with Crippen molar-refractivity contribution < 1.29 is 5.11 Å². The van der Waals surface area contributed by atoms with Gasteiger partial charge in [0.05, 0.1) is 6.10 Å². The Morgan fingerprint density at radius 2 is 1.64 bits per heavy atom. The van der Waals surface area contributed by atoms with Gasteiger partial charge in [-0.15, -0.1) is 0 Å². The van der Waals surface area contributed by atoms with Gasteiger partial charge in [-0.1, -0.05) is 0 Å². The largest absolute Gasteiger partial charge is 0.393 e. The molecule has 6 N–H and O–H groups in total. The highest BCUT2D eigenvalue weighted by atomic mass is 16.3. The normalized spacial score (nSPS) is 39.0. The molecule has 1 fully saturated rings. The molecule has 0 spiro atoms. The second kappa shape index (κ2) is 4.01. The van der Waals surface area contributed by atoms with Crippen LogP contribution in [0, 0.1) is 0 Å². The van der Waals surface area contributed by atoms with Crippen LogP contribution in [-0.2, 0) is 0 Å². The maximum absolute atomic E-state index is 9.36. The summed E-state index contributed by atoms with van der Waals surface area (Å²) < 4.78 is 0. The first-order valence-electron chi connectivity index (χ1n) is 4.10. The maximum Gasteiger partial charge on any atom is 0.0570 e. The van der Waals surface area contributed by atoms with Crippen LogP contribution in [0.1, 0.15) is 12.8 Å². The zero-order valence-corrected chi connectivity index (χ0v) is 6.66. The second-order valence-electron chi connectivity index (χ2n) is 3.16. The minimum atomic E-state index is -0.224. The van der Waals surface area contributed by atoms with E-state index in [1.54, 1.807) is 0 Å². The molecule has 1 aliphatic heterocycles. The van der Waals surface area contributed by atoms with Gasteiger partial charge < -0.3 is 21.9 Å². The highest BCUT2D eigenvalue weighted by molar-refractivity contribution is 4.85. The molecule has 0 aromatic heterocycles. The van der Waals surface area contributed by atoms with E-state index in [9.17, 15) is 5.11 Å². The molecule has 2 atom stereocenters. The van der Waals surface area contributed by atoms with Crippen molar-refractivity contribution in [2.24, 2.45) is 11.5 Å². The highest BCUT2D eigenvalue weighted by Gasteiger charge is 2.24. The fourth-order valence-corrected chi connectivity index (χ4v) is 1.55. The highest BCUT2D eigenvalue weighted by Crippen LogP contribution is 2.11. The van der Waals surface area contributed by atoms with Crippen LogP contribution in [0.3, 0.4) is 0 Å². The monoisotopic (exact) mass is 159 g/mol. The molecule has 0 amide bonds. The van der Waals surface area contributed by atoms with Crippen molar-refractivity contribution in [3.8, 4) is 0 Å². The Hall–Kier alpha value is -0.160. The molecular formula is C7H17N3O. The number of hydrogen-bond acceptors (Lipinski definition) is 4. The van der Waals surface area contributed by atoms with Crippen LogP contribution in [0.2, 0.25) is 0 Å². The van der Waals surface area contributed by atoms with Crippen LogP contribution in [0.25, 0.3) is 0 Å². The van der Waals surface area contributed by atoms with E-state index in [0.29, 0.717) is 13.1 Å².